The average Bonchev–Trinajstić information content (AvgIpc) is 2.36. The maximum absolute atomic E-state index is 12.8. The first-order valence-corrected chi connectivity index (χ1v) is 29.6. The largest absolute Gasteiger partial charge is 0.496 e. The zero-order valence-corrected chi connectivity index (χ0v) is 54.8. The molecule has 3 fully saturated rings. The number of ether oxygens (including phenoxy) is 10. The van der Waals surface area contributed by atoms with Crippen molar-refractivity contribution in [3.8, 4) is 11.5 Å². The molecule has 5 N–H and O–H groups in total. The molecule has 2 atom stereocenters. The zero-order valence-electron chi connectivity index (χ0n) is 54.0. The predicted molar refractivity (Wildman–Crippen MR) is 329 cm³/mol. The van der Waals surface area contributed by atoms with Gasteiger partial charge in [-0.25, -0.2) is 14.4 Å². The van der Waals surface area contributed by atoms with Crippen LogP contribution in [0.1, 0.15) is 115 Å². The van der Waals surface area contributed by atoms with Crippen LogP contribution in [0.3, 0.4) is 0 Å². The van der Waals surface area contributed by atoms with Crippen molar-refractivity contribution in [3.05, 3.63) is 57.6 Å². The van der Waals surface area contributed by atoms with Crippen LogP contribution in [0.15, 0.2) is 24.3 Å². The third kappa shape index (κ3) is 30.9. The van der Waals surface area contributed by atoms with Crippen molar-refractivity contribution in [2.45, 2.75) is 112 Å². The molecular formula is C60H95ClN8O21. The van der Waals surface area contributed by atoms with E-state index in [9.17, 15) is 47.9 Å². The lowest BCUT2D eigenvalue weighted by atomic mass is 10.0. The molecule has 5 rings (SSSR count). The molecule has 2 aromatic rings. The minimum Gasteiger partial charge on any atom is -0.496 e. The van der Waals surface area contributed by atoms with Gasteiger partial charge in [0, 0.05) is 89.5 Å². The van der Waals surface area contributed by atoms with Crippen LogP contribution >= 0.6 is 12.4 Å². The van der Waals surface area contributed by atoms with Gasteiger partial charge in [-0.3, -0.25) is 33.6 Å². The van der Waals surface area contributed by atoms with Gasteiger partial charge < -0.3 is 88.6 Å². The van der Waals surface area contributed by atoms with E-state index in [1.54, 1.807) is 32.4 Å². The SMILES string of the molecule is CCN(CC)CC.COCCOCC(=O)NCCC(=O)OCOC(=O)N1CCCC(NC(=O)c2cc(C)c(C)c(OC)c2)C1.COCCOCC(=O)ON1C(=O)CCC1=O.COc1cc(C(=O)NC2CCCN(C(=O)OCOC(=O)CCN)C2)cc(C)c1C.Cl. The number of halogens is 1. The number of likely N-dealkylation sites (tertiary alicyclic amines) is 2. The van der Waals surface area contributed by atoms with Crippen LogP contribution in [-0.4, -0.2) is 232 Å². The van der Waals surface area contributed by atoms with Crippen molar-refractivity contribution in [2.24, 2.45) is 5.73 Å². The van der Waals surface area contributed by atoms with Crippen molar-refractivity contribution in [2.75, 3.05) is 141 Å². The number of rotatable bonds is 29. The number of imide groups is 1. The predicted octanol–water partition coefficient (Wildman–Crippen LogP) is 3.83. The Labute approximate surface area is 533 Å². The monoisotopic (exact) mass is 1300 g/mol. The van der Waals surface area contributed by atoms with Crippen molar-refractivity contribution in [1.29, 1.82) is 0 Å². The first-order valence-electron chi connectivity index (χ1n) is 29.6. The lowest BCUT2D eigenvalue weighted by Gasteiger charge is -2.32. The first kappa shape index (κ1) is 80.6. The number of carbonyl (C=O) groups excluding carboxylic acids is 10. The second kappa shape index (κ2) is 45.8. The fourth-order valence-electron chi connectivity index (χ4n) is 8.55. The maximum Gasteiger partial charge on any atom is 0.412 e. The first-order chi connectivity index (χ1) is 42.6. The van der Waals surface area contributed by atoms with E-state index in [0.29, 0.717) is 73.6 Å². The van der Waals surface area contributed by atoms with Crippen LogP contribution in [0, 0.1) is 27.7 Å². The molecule has 7 amide bonds. The van der Waals surface area contributed by atoms with E-state index in [1.807, 2.05) is 33.8 Å². The number of amides is 7. The third-order valence-electron chi connectivity index (χ3n) is 13.9. The van der Waals surface area contributed by atoms with Gasteiger partial charge in [-0.15, -0.1) is 17.5 Å². The Balaban J connectivity index is 0.000000674. The van der Waals surface area contributed by atoms with Gasteiger partial charge in [-0.2, -0.15) is 0 Å². The summed E-state index contributed by atoms with van der Waals surface area (Å²) in [5.74, 6) is -2.46. The fourth-order valence-corrected chi connectivity index (χ4v) is 8.55. The van der Waals surface area contributed by atoms with E-state index in [1.165, 1.54) is 43.7 Å². The highest BCUT2D eigenvalue weighted by Gasteiger charge is 2.33. The summed E-state index contributed by atoms with van der Waals surface area (Å²) in [5, 5.41) is 8.94. The summed E-state index contributed by atoms with van der Waals surface area (Å²) in [6, 6.07) is 6.59. The molecule has 90 heavy (non-hydrogen) atoms. The molecular weight excluding hydrogens is 1200 g/mol. The Bertz CT molecular complexity index is 2570. The Hall–Kier alpha value is -7.41. The van der Waals surface area contributed by atoms with Crippen LogP contribution in [0.4, 0.5) is 9.59 Å². The number of hydrogen-bond acceptors (Lipinski definition) is 23. The van der Waals surface area contributed by atoms with E-state index < -0.39 is 55.5 Å². The fraction of sp³-hybridized carbons (Fsp3) is 0.633. The highest BCUT2D eigenvalue weighted by atomic mass is 35.5. The molecule has 0 radical (unpaired) electrons. The molecule has 508 valence electrons. The molecule has 3 saturated heterocycles. The molecule has 3 aliphatic rings. The number of carbonyl (C=O) groups is 10. The van der Waals surface area contributed by atoms with Gasteiger partial charge in [0.15, 0.2) is 0 Å². The van der Waals surface area contributed by atoms with E-state index in [-0.39, 0.29) is 107 Å². The molecule has 3 heterocycles. The van der Waals surface area contributed by atoms with Crippen LogP contribution in [-0.2, 0) is 71.5 Å². The van der Waals surface area contributed by atoms with Gasteiger partial charge >= 0.3 is 30.1 Å². The summed E-state index contributed by atoms with van der Waals surface area (Å²) >= 11 is 0. The summed E-state index contributed by atoms with van der Waals surface area (Å²) in [4.78, 5) is 128. The summed E-state index contributed by atoms with van der Waals surface area (Å²) in [5.41, 5.74) is 10.1. The number of nitrogens with two attached hydrogens (primary N) is 1. The lowest BCUT2D eigenvalue weighted by molar-refractivity contribution is -0.200. The van der Waals surface area contributed by atoms with Gasteiger partial charge in [-0.05, 0) is 120 Å². The van der Waals surface area contributed by atoms with Crippen LogP contribution in [0.2, 0.25) is 0 Å². The Morgan fingerprint density at radius 1 is 0.589 bits per heavy atom. The summed E-state index contributed by atoms with van der Waals surface area (Å²) in [6.07, 6.45) is 1.81. The molecule has 0 bridgehead atoms. The van der Waals surface area contributed by atoms with Gasteiger partial charge in [0.05, 0.1) is 53.5 Å². The minimum absolute atomic E-state index is 0. The Morgan fingerprint density at radius 2 is 1.02 bits per heavy atom. The molecule has 0 aliphatic carbocycles. The number of hydroxylamine groups is 2. The van der Waals surface area contributed by atoms with E-state index in [0.717, 1.165) is 41.5 Å². The highest BCUT2D eigenvalue weighted by Crippen LogP contribution is 2.25. The molecule has 2 aromatic carbocycles. The third-order valence-corrected chi connectivity index (χ3v) is 13.9. The molecule has 29 nitrogen and oxygen atoms in total. The Morgan fingerprint density at radius 3 is 1.42 bits per heavy atom. The van der Waals surface area contributed by atoms with Crippen LogP contribution < -0.4 is 31.2 Å². The van der Waals surface area contributed by atoms with Crippen molar-refractivity contribution in [3.63, 3.8) is 0 Å². The number of methoxy groups -OCH3 is 4. The normalized spacial score (nSPS) is 15.0. The number of piperidine rings is 2. The quantitative estimate of drug-likeness (QED) is 0.0389. The Kier molecular flexibility index (Phi) is 41.0. The molecule has 2 unspecified atom stereocenters. The topological polar surface area (TPSA) is 347 Å². The number of nitrogens with zero attached hydrogens (tertiary/aromatic N) is 4. The highest BCUT2D eigenvalue weighted by molar-refractivity contribution is 6.01. The summed E-state index contributed by atoms with van der Waals surface area (Å²) in [6.45, 7) is 19.5. The van der Waals surface area contributed by atoms with Crippen molar-refractivity contribution >= 4 is 72.0 Å². The van der Waals surface area contributed by atoms with E-state index in [2.05, 4.69) is 46.5 Å². The standard InChI is InChI=1S/C25H37N3O9.C20H29N3O6.C9H13NO6.C6H15N.ClH/c1-17-12-19(13-21(34-4)18(17)2)24(31)27-20-6-5-9-28(14-20)25(32)37-16-36-23(30)7-8-26-22(29)15-35-11-10-33-3;1-13-9-15(10-17(27-3)14(13)2)19(25)22-16-5-4-8-23(11-16)20(26)29-12-28-18(24)6-7-21;1-14-4-5-15-6-9(13)16-10-7(11)2-3-8(10)12;1-4-7(5-2)6-3;/h12-13,20H,5-11,14-16H2,1-4H3,(H,26,29)(H,27,31);9-10,16H,4-8,11-12,21H2,1-3H3,(H,22,25);2-6H2,1H3;4-6H2,1-3H3;1H. The second-order valence-electron chi connectivity index (χ2n) is 20.2. The number of hydrogen-bond donors (Lipinski definition) is 4. The molecule has 0 spiro atoms. The number of nitrogens with one attached hydrogen (secondary N) is 3. The number of aryl methyl sites for hydroxylation is 2. The van der Waals surface area contributed by atoms with Crippen LogP contribution in [0.5, 0.6) is 11.5 Å². The minimum atomic E-state index is -0.778. The summed E-state index contributed by atoms with van der Waals surface area (Å²) in [7, 11) is 6.16. The van der Waals surface area contributed by atoms with E-state index in [4.69, 9.17) is 53.1 Å². The van der Waals surface area contributed by atoms with Crippen molar-refractivity contribution in [1.82, 2.24) is 35.7 Å². The zero-order chi connectivity index (χ0) is 66.3. The van der Waals surface area contributed by atoms with Gasteiger partial charge in [0.25, 0.3) is 23.6 Å². The van der Waals surface area contributed by atoms with Crippen molar-refractivity contribution < 1.29 is 100 Å². The van der Waals surface area contributed by atoms with Gasteiger partial charge in [-0.1, -0.05) is 20.8 Å². The molecule has 3 aliphatic heterocycles. The van der Waals surface area contributed by atoms with Gasteiger partial charge in [0.1, 0.15) is 24.7 Å². The molecule has 0 saturated carbocycles. The van der Waals surface area contributed by atoms with Crippen LogP contribution in [0.25, 0.3) is 0 Å². The lowest BCUT2D eigenvalue weighted by Crippen LogP contribution is -2.49. The number of esters is 2. The van der Waals surface area contributed by atoms with Gasteiger partial charge in [0.2, 0.25) is 19.5 Å². The number of benzene rings is 2. The maximum atomic E-state index is 12.8. The summed E-state index contributed by atoms with van der Waals surface area (Å²) < 4.78 is 49.8. The second-order valence-corrected chi connectivity index (χ2v) is 20.2. The van der Waals surface area contributed by atoms with E-state index >= 15 is 0 Å². The smallest absolute Gasteiger partial charge is 0.412 e. The average molecular weight is 1300 g/mol. The molecule has 0 aromatic heterocycles. The molecule has 30 heteroatoms.